The fraction of sp³-hybridized carbons (Fsp3) is 0.385. The Morgan fingerprint density at radius 2 is 1.50 bits per heavy atom. The molecule has 20 heavy (non-hydrogen) atoms. The van der Waals surface area contributed by atoms with Crippen LogP contribution in [0.5, 0.6) is 17.2 Å². The number of hydrogen-bond acceptors (Lipinski definition) is 6. The van der Waals surface area contributed by atoms with E-state index in [0.717, 1.165) is 0 Å². The van der Waals surface area contributed by atoms with Crippen LogP contribution in [0.4, 0.5) is 0 Å². The summed E-state index contributed by atoms with van der Waals surface area (Å²) in [6.45, 7) is 1.38. The molecule has 0 radical (unpaired) electrons. The van der Waals surface area contributed by atoms with E-state index in [1.54, 1.807) is 0 Å². The number of benzene rings is 1. The second-order valence-electron chi connectivity index (χ2n) is 3.86. The van der Waals surface area contributed by atoms with E-state index < -0.39 is 18.0 Å². The number of carbonyl (C=O) groups excluding carboxylic acids is 2. The van der Waals surface area contributed by atoms with Crippen LogP contribution in [0.1, 0.15) is 17.3 Å². The fourth-order valence-corrected chi connectivity index (χ4v) is 1.47. The maximum Gasteiger partial charge on any atom is 0.342 e. The van der Waals surface area contributed by atoms with Crippen molar-refractivity contribution in [3.63, 3.8) is 0 Å². The molecule has 0 unspecified atom stereocenters. The monoisotopic (exact) mass is 283 g/mol. The van der Waals surface area contributed by atoms with Gasteiger partial charge >= 0.3 is 5.97 Å². The number of methoxy groups -OCH3 is 3. The summed E-state index contributed by atoms with van der Waals surface area (Å²) in [6, 6.07) is 2.90. The molecule has 1 amide bonds. The van der Waals surface area contributed by atoms with Gasteiger partial charge in [-0.1, -0.05) is 0 Å². The average molecular weight is 283 g/mol. The highest BCUT2D eigenvalue weighted by Gasteiger charge is 2.22. The lowest BCUT2D eigenvalue weighted by Gasteiger charge is -2.15. The Labute approximate surface area is 116 Å². The minimum Gasteiger partial charge on any atom is -0.496 e. The van der Waals surface area contributed by atoms with E-state index >= 15 is 0 Å². The number of nitrogens with two attached hydrogens (primary N) is 1. The summed E-state index contributed by atoms with van der Waals surface area (Å²) in [5, 5.41) is 0. The highest BCUT2D eigenvalue weighted by atomic mass is 16.6. The highest BCUT2D eigenvalue weighted by Crippen LogP contribution is 2.35. The van der Waals surface area contributed by atoms with Crippen LogP contribution in [0.3, 0.4) is 0 Å². The third-order valence-corrected chi connectivity index (χ3v) is 2.61. The topological polar surface area (TPSA) is 97.1 Å². The number of rotatable bonds is 6. The van der Waals surface area contributed by atoms with Gasteiger partial charge in [-0.3, -0.25) is 4.79 Å². The molecule has 1 atom stereocenters. The Morgan fingerprint density at radius 1 is 1.00 bits per heavy atom. The van der Waals surface area contributed by atoms with Gasteiger partial charge in [0.15, 0.2) is 17.6 Å². The molecule has 0 aliphatic heterocycles. The van der Waals surface area contributed by atoms with Gasteiger partial charge in [0, 0.05) is 12.1 Å². The van der Waals surface area contributed by atoms with Gasteiger partial charge in [-0.2, -0.15) is 0 Å². The van der Waals surface area contributed by atoms with Crippen LogP contribution in [0.15, 0.2) is 12.1 Å². The van der Waals surface area contributed by atoms with E-state index in [2.05, 4.69) is 0 Å². The van der Waals surface area contributed by atoms with Crippen molar-refractivity contribution in [2.45, 2.75) is 13.0 Å². The molecule has 0 aliphatic rings. The average Bonchev–Trinajstić information content (AvgIpc) is 2.45. The van der Waals surface area contributed by atoms with Crippen molar-refractivity contribution in [2.75, 3.05) is 21.3 Å². The van der Waals surface area contributed by atoms with Crippen LogP contribution < -0.4 is 19.9 Å². The van der Waals surface area contributed by atoms with Gasteiger partial charge in [0.1, 0.15) is 11.3 Å². The third-order valence-electron chi connectivity index (χ3n) is 2.61. The molecule has 0 aromatic heterocycles. The van der Waals surface area contributed by atoms with Gasteiger partial charge in [-0.15, -0.1) is 0 Å². The molecule has 0 heterocycles. The van der Waals surface area contributed by atoms with E-state index in [0.29, 0.717) is 11.5 Å². The number of amides is 1. The molecule has 0 bridgehead atoms. The van der Waals surface area contributed by atoms with Crippen molar-refractivity contribution < 1.29 is 28.5 Å². The van der Waals surface area contributed by atoms with Crippen molar-refractivity contribution in [3.05, 3.63) is 17.7 Å². The first-order valence-corrected chi connectivity index (χ1v) is 5.74. The predicted octanol–water partition coefficient (Wildman–Crippen LogP) is 0.743. The first kappa shape index (κ1) is 15.6. The number of esters is 1. The zero-order valence-corrected chi connectivity index (χ0v) is 11.8. The van der Waals surface area contributed by atoms with Crippen molar-refractivity contribution in [2.24, 2.45) is 5.73 Å². The molecule has 0 saturated carbocycles. The minimum atomic E-state index is -1.04. The third kappa shape index (κ3) is 3.31. The van der Waals surface area contributed by atoms with Crippen LogP contribution in [0.2, 0.25) is 0 Å². The smallest absolute Gasteiger partial charge is 0.342 e. The van der Waals surface area contributed by atoms with Crippen LogP contribution >= 0.6 is 0 Å². The Balaban J connectivity index is 3.15. The second kappa shape index (κ2) is 6.65. The normalized spacial score (nSPS) is 11.4. The summed E-state index contributed by atoms with van der Waals surface area (Å²) in [5.74, 6) is -0.493. The number of primary amides is 1. The van der Waals surface area contributed by atoms with Gasteiger partial charge in [-0.25, -0.2) is 4.79 Å². The summed E-state index contributed by atoms with van der Waals surface area (Å²) >= 11 is 0. The first-order valence-electron chi connectivity index (χ1n) is 5.74. The summed E-state index contributed by atoms with van der Waals surface area (Å²) in [5.41, 5.74) is 5.15. The highest BCUT2D eigenvalue weighted by molar-refractivity contribution is 5.95. The lowest BCUT2D eigenvalue weighted by atomic mass is 10.1. The van der Waals surface area contributed by atoms with Gasteiger partial charge in [0.25, 0.3) is 5.91 Å². The minimum absolute atomic E-state index is 0.109. The summed E-state index contributed by atoms with van der Waals surface area (Å²) in [6.07, 6.45) is -1.04. The van der Waals surface area contributed by atoms with E-state index in [1.807, 2.05) is 0 Å². The zero-order valence-electron chi connectivity index (χ0n) is 11.8. The fourth-order valence-electron chi connectivity index (χ4n) is 1.47. The van der Waals surface area contributed by atoms with Crippen molar-refractivity contribution in [1.29, 1.82) is 0 Å². The van der Waals surface area contributed by atoms with Gasteiger partial charge in [0.2, 0.25) is 0 Å². The van der Waals surface area contributed by atoms with Gasteiger partial charge in [-0.05, 0) is 6.92 Å². The van der Waals surface area contributed by atoms with Crippen molar-refractivity contribution in [3.8, 4) is 17.2 Å². The molecule has 0 saturated heterocycles. The van der Waals surface area contributed by atoms with E-state index in [-0.39, 0.29) is 11.3 Å². The molecule has 0 fully saturated rings. The molecule has 1 rings (SSSR count). The number of hydrogen-bond donors (Lipinski definition) is 1. The lowest BCUT2D eigenvalue weighted by molar-refractivity contribution is -0.125. The second-order valence-corrected chi connectivity index (χ2v) is 3.86. The van der Waals surface area contributed by atoms with Crippen molar-refractivity contribution in [1.82, 2.24) is 0 Å². The van der Waals surface area contributed by atoms with Crippen LogP contribution in [-0.4, -0.2) is 39.3 Å². The Bertz CT molecular complexity index is 514. The van der Waals surface area contributed by atoms with Crippen LogP contribution in [-0.2, 0) is 9.53 Å². The molecule has 2 N–H and O–H groups in total. The predicted molar refractivity (Wildman–Crippen MR) is 70.2 cm³/mol. The van der Waals surface area contributed by atoms with Crippen molar-refractivity contribution >= 4 is 11.9 Å². The summed E-state index contributed by atoms with van der Waals surface area (Å²) in [7, 11) is 4.30. The molecule has 1 aromatic carbocycles. The van der Waals surface area contributed by atoms with E-state index in [1.165, 1.54) is 40.4 Å². The molecule has 7 nitrogen and oxygen atoms in total. The molecule has 0 spiro atoms. The SMILES string of the molecule is COc1cc(OC)c(C(=O)O[C@@H](C)C(N)=O)cc1OC. The molecule has 110 valence electrons. The first-order chi connectivity index (χ1) is 9.44. The summed E-state index contributed by atoms with van der Waals surface area (Å²) in [4.78, 5) is 22.9. The molecule has 0 aliphatic carbocycles. The Kier molecular flexibility index (Phi) is 5.19. The lowest BCUT2D eigenvalue weighted by Crippen LogP contribution is -2.30. The van der Waals surface area contributed by atoms with E-state index in [9.17, 15) is 9.59 Å². The maximum atomic E-state index is 12.0. The molecule has 7 heteroatoms. The molecule has 1 aromatic rings. The van der Waals surface area contributed by atoms with Crippen LogP contribution in [0.25, 0.3) is 0 Å². The molecular formula is C13H17NO6. The van der Waals surface area contributed by atoms with Crippen LogP contribution in [0, 0.1) is 0 Å². The Hall–Kier alpha value is -2.44. The zero-order chi connectivity index (χ0) is 15.3. The largest absolute Gasteiger partial charge is 0.496 e. The van der Waals surface area contributed by atoms with Gasteiger partial charge in [0.05, 0.1) is 21.3 Å². The quantitative estimate of drug-likeness (QED) is 0.773. The number of carbonyl (C=O) groups is 2. The molecular weight excluding hydrogens is 266 g/mol. The standard InChI is InChI=1S/C13H17NO6/c1-7(12(14)15)20-13(16)8-5-10(18-3)11(19-4)6-9(8)17-2/h5-7H,1-4H3,(H2,14,15)/t7-/m0/s1. The Morgan fingerprint density at radius 3 is 1.95 bits per heavy atom. The summed E-state index contributed by atoms with van der Waals surface area (Å²) < 4.78 is 20.2. The van der Waals surface area contributed by atoms with Gasteiger partial charge < -0.3 is 24.7 Å². The number of ether oxygens (including phenoxy) is 4. The van der Waals surface area contributed by atoms with E-state index in [4.69, 9.17) is 24.7 Å². The maximum absolute atomic E-state index is 12.0.